The quantitative estimate of drug-likeness (QED) is 0.638. The normalized spacial score (nSPS) is 12.1. The molecule has 2 aromatic rings. The summed E-state index contributed by atoms with van der Waals surface area (Å²) in [4.78, 5) is 12.3. The van der Waals surface area contributed by atoms with Gasteiger partial charge in [0, 0.05) is 5.54 Å². The Morgan fingerprint density at radius 2 is 1.30 bits per heavy atom. The minimum absolute atomic E-state index is 0.0204. The fourth-order valence-corrected chi connectivity index (χ4v) is 7.93. The van der Waals surface area contributed by atoms with Crippen LogP contribution >= 0.6 is 0 Å². The van der Waals surface area contributed by atoms with Crippen molar-refractivity contribution in [2.24, 2.45) is 0 Å². The number of carbonyl (C=O) groups is 1. The molecule has 0 unspecified atom stereocenters. The SMILES string of the molecule is CC(C)(C)NC(=O)CC#C[Si](c1ccccc1)(c1ccccc1)C(C)(C)C. The summed E-state index contributed by atoms with van der Waals surface area (Å²) < 4.78 is 0. The summed E-state index contributed by atoms with van der Waals surface area (Å²) in [5.74, 6) is 3.23. The second-order valence-corrected chi connectivity index (χ2v) is 13.4. The topological polar surface area (TPSA) is 29.1 Å². The number of hydrogen-bond donors (Lipinski definition) is 1. The van der Waals surface area contributed by atoms with Crippen LogP contribution in [0.5, 0.6) is 0 Å². The number of carbonyl (C=O) groups excluding carboxylic acids is 1. The van der Waals surface area contributed by atoms with Gasteiger partial charge in [-0.3, -0.25) is 4.79 Å². The Morgan fingerprint density at radius 1 is 0.852 bits per heavy atom. The van der Waals surface area contributed by atoms with Gasteiger partial charge in [0.05, 0.1) is 6.42 Å². The third-order valence-corrected chi connectivity index (χ3v) is 9.78. The molecular weight excluding hydrogens is 346 g/mol. The first-order valence-corrected chi connectivity index (χ1v) is 11.5. The Labute approximate surface area is 165 Å². The average Bonchev–Trinajstić information content (AvgIpc) is 2.57. The molecule has 0 saturated heterocycles. The van der Waals surface area contributed by atoms with Crippen LogP contribution in [-0.2, 0) is 4.79 Å². The van der Waals surface area contributed by atoms with Crippen LogP contribution in [0.2, 0.25) is 5.04 Å². The molecule has 1 N–H and O–H groups in total. The maximum atomic E-state index is 12.3. The number of nitrogens with one attached hydrogen (secondary N) is 1. The minimum atomic E-state index is -2.42. The second-order valence-electron chi connectivity index (χ2n) is 9.01. The molecule has 1 amide bonds. The predicted octanol–water partition coefficient (Wildman–Crippen LogP) is 3.90. The van der Waals surface area contributed by atoms with Crippen molar-refractivity contribution in [3.63, 3.8) is 0 Å². The molecule has 0 aliphatic heterocycles. The van der Waals surface area contributed by atoms with Gasteiger partial charge >= 0.3 is 0 Å². The van der Waals surface area contributed by atoms with E-state index in [1.807, 2.05) is 32.9 Å². The average molecular weight is 378 g/mol. The highest BCUT2D eigenvalue weighted by Gasteiger charge is 2.46. The fraction of sp³-hybridized carbons (Fsp3) is 0.375. The first-order valence-electron chi connectivity index (χ1n) is 9.48. The molecule has 0 aliphatic rings. The summed E-state index contributed by atoms with van der Waals surface area (Å²) in [7, 11) is -2.42. The monoisotopic (exact) mass is 377 g/mol. The molecule has 0 saturated carbocycles. The van der Waals surface area contributed by atoms with Gasteiger partial charge in [-0.25, -0.2) is 0 Å². The molecule has 2 rings (SSSR count). The molecule has 2 nitrogen and oxygen atoms in total. The van der Waals surface area contributed by atoms with Gasteiger partial charge in [0.2, 0.25) is 14.0 Å². The molecular formula is C24H31NOSi. The van der Waals surface area contributed by atoms with E-state index in [-0.39, 0.29) is 22.9 Å². The summed E-state index contributed by atoms with van der Waals surface area (Å²) in [6, 6.07) is 21.2. The zero-order chi connectivity index (χ0) is 20.1. The molecule has 3 heteroatoms. The zero-order valence-electron chi connectivity index (χ0n) is 17.4. The predicted molar refractivity (Wildman–Crippen MR) is 118 cm³/mol. The van der Waals surface area contributed by atoms with Crippen molar-refractivity contribution < 1.29 is 4.79 Å². The Kier molecular flexibility index (Phi) is 6.33. The number of amides is 1. The van der Waals surface area contributed by atoms with E-state index >= 15 is 0 Å². The molecule has 0 aliphatic carbocycles. The number of hydrogen-bond acceptors (Lipinski definition) is 1. The van der Waals surface area contributed by atoms with Gasteiger partial charge in [-0.05, 0) is 36.2 Å². The summed E-state index contributed by atoms with van der Waals surface area (Å²) in [5.41, 5.74) is 3.41. The van der Waals surface area contributed by atoms with Gasteiger partial charge in [-0.2, -0.15) is 0 Å². The van der Waals surface area contributed by atoms with E-state index in [0.717, 1.165) is 0 Å². The highest BCUT2D eigenvalue weighted by Crippen LogP contribution is 2.35. The highest BCUT2D eigenvalue weighted by molar-refractivity contribution is 7.10. The largest absolute Gasteiger partial charge is 0.351 e. The lowest BCUT2D eigenvalue weighted by atomic mass is 10.1. The van der Waals surface area contributed by atoms with E-state index in [1.54, 1.807) is 0 Å². The van der Waals surface area contributed by atoms with Gasteiger partial charge in [0.25, 0.3) is 0 Å². The fourth-order valence-electron chi connectivity index (χ4n) is 3.46. The molecule has 27 heavy (non-hydrogen) atoms. The molecule has 0 aromatic heterocycles. The van der Waals surface area contributed by atoms with E-state index in [9.17, 15) is 4.79 Å². The van der Waals surface area contributed by atoms with Gasteiger partial charge < -0.3 is 5.32 Å². The molecule has 0 spiro atoms. The number of benzene rings is 2. The van der Waals surface area contributed by atoms with E-state index in [2.05, 4.69) is 86.1 Å². The maximum absolute atomic E-state index is 12.3. The van der Waals surface area contributed by atoms with Crippen molar-refractivity contribution in [1.29, 1.82) is 0 Å². The van der Waals surface area contributed by atoms with E-state index < -0.39 is 8.07 Å². The smallest absolute Gasteiger partial charge is 0.232 e. The maximum Gasteiger partial charge on any atom is 0.232 e. The Morgan fingerprint density at radius 3 is 1.67 bits per heavy atom. The lowest BCUT2D eigenvalue weighted by molar-refractivity contribution is -0.121. The minimum Gasteiger partial charge on any atom is -0.351 e. The molecule has 0 bridgehead atoms. The third kappa shape index (κ3) is 5.11. The molecule has 142 valence electrons. The van der Waals surface area contributed by atoms with Crippen LogP contribution in [0.25, 0.3) is 0 Å². The molecule has 2 aromatic carbocycles. The third-order valence-electron chi connectivity index (χ3n) is 4.58. The van der Waals surface area contributed by atoms with Crippen molar-refractivity contribution in [2.75, 3.05) is 0 Å². The van der Waals surface area contributed by atoms with Crippen LogP contribution in [0.3, 0.4) is 0 Å². The van der Waals surface area contributed by atoms with Crippen LogP contribution in [0.4, 0.5) is 0 Å². The first kappa shape index (κ1) is 21.0. The van der Waals surface area contributed by atoms with Crippen molar-refractivity contribution >= 4 is 24.4 Å². The summed E-state index contributed by atoms with van der Waals surface area (Å²) in [5, 5.41) is 5.54. The molecule has 0 fully saturated rings. The summed E-state index contributed by atoms with van der Waals surface area (Å²) in [6.45, 7) is 12.8. The van der Waals surface area contributed by atoms with Crippen LogP contribution in [0, 0.1) is 11.5 Å². The van der Waals surface area contributed by atoms with Gasteiger partial charge in [0.15, 0.2) is 0 Å². The Hall–Kier alpha value is -2.31. The first-order chi connectivity index (χ1) is 12.6. The van der Waals surface area contributed by atoms with Crippen molar-refractivity contribution in [3.05, 3.63) is 60.7 Å². The van der Waals surface area contributed by atoms with Crippen molar-refractivity contribution in [3.8, 4) is 11.5 Å². The van der Waals surface area contributed by atoms with E-state index in [0.29, 0.717) is 0 Å². The second kappa shape index (κ2) is 8.15. The van der Waals surface area contributed by atoms with E-state index in [4.69, 9.17) is 0 Å². The summed E-state index contributed by atoms with van der Waals surface area (Å²) in [6.07, 6.45) is 0.224. The summed E-state index contributed by atoms with van der Waals surface area (Å²) >= 11 is 0. The van der Waals surface area contributed by atoms with E-state index in [1.165, 1.54) is 10.4 Å². The highest BCUT2D eigenvalue weighted by atomic mass is 28.3. The Balaban J connectivity index is 2.55. The standard InChI is InChI=1S/C24H31NOSi/c1-23(2,3)25-22(26)18-13-19-27(24(4,5)6,20-14-9-7-10-15-20)21-16-11-8-12-17-21/h7-12,14-17H,18H2,1-6H3,(H,25,26). The van der Waals surface area contributed by atoms with Crippen LogP contribution in [0.15, 0.2) is 60.7 Å². The van der Waals surface area contributed by atoms with Crippen molar-refractivity contribution in [1.82, 2.24) is 5.32 Å². The zero-order valence-corrected chi connectivity index (χ0v) is 18.4. The van der Waals surface area contributed by atoms with Crippen LogP contribution in [-0.4, -0.2) is 19.5 Å². The van der Waals surface area contributed by atoms with Crippen LogP contribution < -0.4 is 15.7 Å². The van der Waals surface area contributed by atoms with Gasteiger partial charge in [-0.1, -0.05) is 87.4 Å². The van der Waals surface area contributed by atoms with Crippen LogP contribution in [0.1, 0.15) is 48.0 Å². The number of rotatable bonds is 3. The van der Waals surface area contributed by atoms with Crippen molar-refractivity contribution in [2.45, 2.75) is 58.5 Å². The molecule has 0 heterocycles. The van der Waals surface area contributed by atoms with Gasteiger partial charge in [-0.15, -0.1) is 5.54 Å². The molecule has 0 radical (unpaired) electrons. The van der Waals surface area contributed by atoms with Gasteiger partial charge in [0.1, 0.15) is 0 Å². The Bertz CT molecular complexity index is 778. The molecule has 0 atom stereocenters. The lowest BCUT2D eigenvalue weighted by Gasteiger charge is -2.39. The lowest BCUT2D eigenvalue weighted by Crippen LogP contribution is -2.63.